The largest absolute Gasteiger partial charge is 0.455 e. The molecule has 12 rings (SSSR count). The van der Waals surface area contributed by atoms with Crippen LogP contribution in [0.5, 0.6) is 0 Å². The van der Waals surface area contributed by atoms with Crippen molar-refractivity contribution in [1.29, 1.82) is 0 Å². The van der Waals surface area contributed by atoms with Crippen LogP contribution in [0.25, 0.3) is 119 Å². The Morgan fingerprint density at radius 1 is 0.352 bits per heavy atom. The Morgan fingerprint density at radius 2 is 0.907 bits per heavy atom. The van der Waals surface area contributed by atoms with Crippen LogP contribution in [0.2, 0.25) is 0 Å². The molecule has 0 unspecified atom stereocenters. The van der Waals surface area contributed by atoms with E-state index in [0.717, 1.165) is 33.1 Å². The molecule has 2 heterocycles. The van der Waals surface area contributed by atoms with Crippen LogP contribution in [0.3, 0.4) is 0 Å². The average molecular weight is 703 g/mol. The van der Waals surface area contributed by atoms with Crippen LogP contribution < -0.4 is 0 Å². The summed E-state index contributed by atoms with van der Waals surface area (Å²) in [5, 5.41) is 15.0. The van der Waals surface area contributed by atoms with E-state index in [9.17, 15) is 0 Å². The minimum atomic E-state index is 0.915. The van der Waals surface area contributed by atoms with Gasteiger partial charge in [-0.25, -0.2) is 0 Å². The van der Waals surface area contributed by atoms with Crippen molar-refractivity contribution in [3.05, 3.63) is 182 Å². The molecular weight excluding hydrogens is 673 g/mol. The first-order valence-corrected chi connectivity index (χ1v) is 19.3. The monoisotopic (exact) mass is 702 g/mol. The van der Waals surface area contributed by atoms with Gasteiger partial charge in [-0.05, 0) is 95.2 Å². The average Bonchev–Trinajstić information content (AvgIpc) is 3.80. The van der Waals surface area contributed by atoms with E-state index < -0.39 is 0 Å². The van der Waals surface area contributed by atoms with E-state index in [0.29, 0.717) is 0 Å². The van der Waals surface area contributed by atoms with Gasteiger partial charge in [-0.15, -0.1) is 11.3 Å². The molecule has 0 fully saturated rings. The van der Waals surface area contributed by atoms with Crippen molar-refractivity contribution in [3.63, 3.8) is 0 Å². The van der Waals surface area contributed by atoms with Gasteiger partial charge in [-0.2, -0.15) is 0 Å². The van der Waals surface area contributed by atoms with E-state index in [1.165, 1.54) is 85.5 Å². The quantitative estimate of drug-likeness (QED) is 0.167. The smallest absolute Gasteiger partial charge is 0.144 e. The molecule has 0 N–H and O–H groups in total. The molecule has 0 aliphatic heterocycles. The number of rotatable bonds is 3. The molecule has 1 nitrogen and oxygen atoms in total. The predicted octanol–water partition coefficient (Wildman–Crippen LogP) is 15.6. The Bertz CT molecular complexity index is 3450. The van der Waals surface area contributed by atoms with Gasteiger partial charge in [0.1, 0.15) is 11.2 Å². The van der Waals surface area contributed by atoms with E-state index in [2.05, 4.69) is 182 Å². The summed E-state index contributed by atoms with van der Waals surface area (Å²) in [5.74, 6) is 0. The zero-order valence-electron chi connectivity index (χ0n) is 29.1. The molecule has 0 atom stereocenters. The molecular formula is C52H30OS. The highest BCUT2D eigenvalue weighted by Crippen LogP contribution is 2.50. The lowest BCUT2D eigenvalue weighted by Gasteiger charge is -2.19. The van der Waals surface area contributed by atoms with Crippen molar-refractivity contribution >= 4 is 96.5 Å². The highest BCUT2D eigenvalue weighted by atomic mass is 32.1. The third kappa shape index (κ3) is 4.20. The molecule has 2 heteroatoms. The maximum atomic E-state index is 6.82. The van der Waals surface area contributed by atoms with Crippen molar-refractivity contribution < 1.29 is 4.42 Å². The van der Waals surface area contributed by atoms with Crippen molar-refractivity contribution in [2.24, 2.45) is 0 Å². The molecule has 0 aliphatic rings. The predicted molar refractivity (Wildman–Crippen MR) is 233 cm³/mol. The highest BCUT2D eigenvalue weighted by molar-refractivity contribution is 7.26. The number of hydrogen-bond acceptors (Lipinski definition) is 2. The molecule has 0 spiro atoms. The number of para-hydroxylation sites is 1. The summed E-state index contributed by atoms with van der Waals surface area (Å²) in [6.45, 7) is 0. The van der Waals surface area contributed by atoms with Crippen LogP contribution in [-0.2, 0) is 0 Å². The van der Waals surface area contributed by atoms with Crippen LogP contribution >= 0.6 is 11.3 Å². The van der Waals surface area contributed by atoms with Crippen LogP contribution in [-0.4, -0.2) is 0 Å². The van der Waals surface area contributed by atoms with Gasteiger partial charge in [0.2, 0.25) is 0 Å². The molecule has 250 valence electrons. The van der Waals surface area contributed by atoms with E-state index in [4.69, 9.17) is 4.42 Å². The summed E-state index contributed by atoms with van der Waals surface area (Å²) in [4.78, 5) is 0. The lowest BCUT2D eigenvalue weighted by Crippen LogP contribution is -1.92. The fourth-order valence-electron chi connectivity index (χ4n) is 9.12. The Kier molecular flexibility index (Phi) is 6.28. The van der Waals surface area contributed by atoms with Gasteiger partial charge in [-0.3, -0.25) is 0 Å². The molecule has 0 saturated heterocycles. The molecule has 2 aromatic heterocycles. The first-order chi connectivity index (χ1) is 26.8. The van der Waals surface area contributed by atoms with Gasteiger partial charge in [-0.1, -0.05) is 158 Å². The highest BCUT2D eigenvalue weighted by Gasteiger charge is 2.22. The van der Waals surface area contributed by atoms with Crippen molar-refractivity contribution in [2.75, 3.05) is 0 Å². The summed E-state index contributed by atoms with van der Waals surface area (Å²) in [5.41, 5.74) is 9.16. The molecule has 0 radical (unpaired) electrons. The number of hydrogen-bond donors (Lipinski definition) is 0. The van der Waals surface area contributed by atoms with E-state index in [-0.39, 0.29) is 0 Å². The summed E-state index contributed by atoms with van der Waals surface area (Å²) in [7, 11) is 0. The molecule has 0 saturated carbocycles. The van der Waals surface area contributed by atoms with Crippen LogP contribution in [0, 0.1) is 0 Å². The topological polar surface area (TPSA) is 13.1 Å². The second-order valence-corrected chi connectivity index (χ2v) is 15.4. The van der Waals surface area contributed by atoms with Gasteiger partial charge >= 0.3 is 0 Å². The first-order valence-electron chi connectivity index (χ1n) is 18.5. The fraction of sp³-hybridized carbons (Fsp3) is 0. The summed E-state index contributed by atoms with van der Waals surface area (Å²) in [6.07, 6.45) is 0. The van der Waals surface area contributed by atoms with Crippen molar-refractivity contribution in [2.45, 2.75) is 0 Å². The molecule has 0 aliphatic carbocycles. The van der Waals surface area contributed by atoms with Gasteiger partial charge in [0.25, 0.3) is 0 Å². The van der Waals surface area contributed by atoms with Crippen LogP contribution in [0.1, 0.15) is 0 Å². The van der Waals surface area contributed by atoms with E-state index in [1.807, 2.05) is 11.3 Å². The van der Waals surface area contributed by atoms with E-state index >= 15 is 0 Å². The van der Waals surface area contributed by atoms with Gasteiger partial charge < -0.3 is 4.42 Å². The van der Waals surface area contributed by atoms with Crippen molar-refractivity contribution in [1.82, 2.24) is 0 Å². The molecule has 10 aromatic carbocycles. The number of thiophene rings is 1. The van der Waals surface area contributed by atoms with Gasteiger partial charge in [0.15, 0.2) is 0 Å². The fourth-order valence-corrected chi connectivity index (χ4v) is 10.4. The van der Waals surface area contributed by atoms with Gasteiger partial charge in [0, 0.05) is 36.5 Å². The number of furan rings is 1. The summed E-state index contributed by atoms with van der Waals surface area (Å²) < 4.78 is 9.37. The zero-order chi connectivity index (χ0) is 35.3. The van der Waals surface area contributed by atoms with Crippen molar-refractivity contribution in [3.8, 4) is 33.4 Å². The maximum Gasteiger partial charge on any atom is 0.144 e. The lowest BCUT2D eigenvalue weighted by molar-refractivity contribution is 0.670. The second-order valence-electron chi connectivity index (χ2n) is 14.3. The summed E-state index contributed by atoms with van der Waals surface area (Å²) in [6, 6.07) is 66.6. The lowest BCUT2D eigenvalue weighted by atomic mass is 9.84. The summed E-state index contributed by atoms with van der Waals surface area (Å²) >= 11 is 1.87. The Morgan fingerprint density at radius 3 is 1.65 bits per heavy atom. The minimum absolute atomic E-state index is 0.915. The SMILES string of the molecule is c1cc(-c2c3ccccc3c(-c3cccc4ccccc34)c3ccccc23)cc(-c2c3oc4ccccc4c3cc3c2sc2ccc4ccccc4c23)c1. The molecule has 54 heavy (non-hydrogen) atoms. The number of fused-ring (bicyclic) bond motifs is 11. The van der Waals surface area contributed by atoms with Gasteiger partial charge in [0.05, 0.1) is 0 Å². The second kappa shape index (κ2) is 11.4. The molecule has 0 amide bonds. The Balaban J connectivity index is 1.18. The standard InChI is InChI=1S/C52H30OS/c1-3-18-35-31(13-1)15-12-25-38(35)49-41-23-7-5-21-39(41)47(40-22-6-8-24-42(40)49)33-16-11-17-34(29-33)48-51-43(37-20-9-10-26-45(37)53-51)30-44-50-36-19-4-2-14-32(36)27-28-46(50)54-52(44)48/h1-30H. The zero-order valence-corrected chi connectivity index (χ0v) is 30.0. The van der Waals surface area contributed by atoms with Crippen LogP contribution in [0.15, 0.2) is 186 Å². The third-order valence-electron chi connectivity index (χ3n) is 11.4. The molecule has 12 aromatic rings. The Hall–Kier alpha value is -6.74. The number of benzene rings is 10. The van der Waals surface area contributed by atoms with Crippen LogP contribution in [0.4, 0.5) is 0 Å². The first kappa shape index (κ1) is 29.8. The third-order valence-corrected chi connectivity index (χ3v) is 12.6. The minimum Gasteiger partial charge on any atom is -0.455 e. The van der Waals surface area contributed by atoms with E-state index in [1.54, 1.807) is 0 Å². The maximum absolute atomic E-state index is 6.82. The Labute approximate surface area is 314 Å². The molecule has 0 bridgehead atoms. The normalized spacial score (nSPS) is 12.1.